The Morgan fingerprint density at radius 3 is 2.89 bits per heavy atom. The molecule has 0 aliphatic heterocycles. The van der Waals surface area contributed by atoms with E-state index in [0.717, 1.165) is 6.16 Å². The van der Waals surface area contributed by atoms with Crippen LogP contribution in [0.4, 0.5) is 0 Å². The lowest BCUT2D eigenvalue weighted by Gasteiger charge is -1.97. The van der Waals surface area contributed by atoms with Gasteiger partial charge in [0.15, 0.2) is 0 Å². The Morgan fingerprint density at radius 2 is 2.44 bits per heavy atom. The van der Waals surface area contributed by atoms with Gasteiger partial charge in [0.2, 0.25) is 0 Å². The maximum absolute atomic E-state index is 3.98. The number of pyridine rings is 1. The molecular weight excluding hydrogens is 129 g/mol. The van der Waals surface area contributed by atoms with Crippen molar-refractivity contribution in [1.82, 2.24) is 4.98 Å². The maximum Gasteiger partial charge on any atom is 0.0299 e. The van der Waals surface area contributed by atoms with E-state index in [1.54, 1.807) is 0 Å². The fraction of sp³-hybridized carbons (Fsp3) is 0.286. The van der Waals surface area contributed by atoms with E-state index in [1.807, 2.05) is 18.5 Å². The SMILES string of the molecule is Cc1cnccc1CP. The number of nitrogens with zero attached hydrogens (tertiary/aromatic N) is 1. The molecule has 1 heterocycles. The molecule has 0 bridgehead atoms. The fourth-order valence-corrected chi connectivity index (χ4v) is 1.19. The highest BCUT2D eigenvalue weighted by Gasteiger charge is 1.90. The monoisotopic (exact) mass is 139 g/mol. The van der Waals surface area contributed by atoms with Crippen LogP contribution >= 0.6 is 9.24 Å². The molecule has 0 spiro atoms. The van der Waals surface area contributed by atoms with E-state index in [2.05, 4.69) is 21.1 Å². The molecule has 48 valence electrons. The highest BCUT2D eigenvalue weighted by Crippen LogP contribution is 2.08. The summed E-state index contributed by atoms with van der Waals surface area (Å²) >= 11 is 0. The van der Waals surface area contributed by atoms with Crippen LogP contribution in [0.25, 0.3) is 0 Å². The molecule has 1 nitrogen and oxygen atoms in total. The first-order valence-electron chi connectivity index (χ1n) is 2.94. The van der Waals surface area contributed by atoms with Crippen molar-refractivity contribution < 1.29 is 0 Å². The molecule has 0 aromatic carbocycles. The average Bonchev–Trinajstić information content (AvgIpc) is 1.89. The molecule has 0 N–H and O–H groups in total. The third-order valence-corrected chi connectivity index (χ3v) is 1.80. The molecule has 1 aromatic heterocycles. The van der Waals surface area contributed by atoms with Crippen molar-refractivity contribution in [2.24, 2.45) is 0 Å². The van der Waals surface area contributed by atoms with Crippen LogP contribution in [0.1, 0.15) is 11.1 Å². The van der Waals surface area contributed by atoms with Crippen molar-refractivity contribution >= 4 is 9.24 Å². The summed E-state index contributed by atoms with van der Waals surface area (Å²) in [6, 6.07) is 2.04. The second kappa shape index (κ2) is 2.93. The van der Waals surface area contributed by atoms with Gasteiger partial charge in [-0.3, -0.25) is 4.98 Å². The molecule has 1 atom stereocenters. The van der Waals surface area contributed by atoms with E-state index in [-0.39, 0.29) is 0 Å². The molecule has 0 fully saturated rings. The van der Waals surface area contributed by atoms with Crippen molar-refractivity contribution in [1.29, 1.82) is 0 Å². The number of rotatable bonds is 1. The van der Waals surface area contributed by atoms with Gasteiger partial charge in [-0.15, -0.1) is 9.24 Å². The minimum absolute atomic E-state index is 1.02. The smallest absolute Gasteiger partial charge is 0.0299 e. The molecule has 0 saturated carbocycles. The number of aromatic nitrogens is 1. The maximum atomic E-state index is 3.98. The highest BCUT2D eigenvalue weighted by atomic mass is 31.0. The minimum Gasteiger partial charge on any atom is -0.264 e. The first kappa shape index (κ1) is 6.70. The Hall–Kier alpha value is -0.420. The summed E-state index contributed by atoms with van der Waals surface area (Å²) in [7, 11) is 2.70. The average molecular weight is 139 g/mol. The van der Waals surface area contributed by atoms with E-state index in [9.17, 15) is 0 Å². The van der Waals surface area contributed by atoms with Gasteiger partial charge in [-0.05, 0) is 30.3 Å². The summed E-state index contributed by atoms with van der Waals surface area (Å²) in [6.07, 6.45) is 4.74. The van der Waals surface area contributed by atoms with E-state index in [4.69, 9.17) is 0 Å². The van der Waals surface area contributed by atoms with E-state index >= 15 is 0 Å². The summed E-state index contributed by atoms with van der Waals surface area (Å²) in [5, 5.41) is 0. The second-order valence-electron chi connectivity index (χ2n) is 2.01. The normalized spacial score (nSPS) is 9.56. The van der Waals surface area contributed by atoms with E-state index in [0.29, 0.717) is 0 Å². The lowest BCUT2D eigenvalue weighted by Crippen LogP contribution is -1.83. The quantitative estimate of drug-likeness (QED) is 0.540. The van der Waals surface area contributed by atoms with Gasteiger partial charge >= 0.3 is 0 Å². The molecule has 0 aliphatic carbocycles. The van der Waals surface area contributed by atoms with Gasteiger partial charge in [-0.2, -0.15) is 0 Å². The van der Waals surface area contributed by atoms with Crippen molar-refractivity contribution in [3.8, 4) is 0 Å². The van der Waals surface area contributed by atoms with Crippen LogP contribution in [0.2, 0.25) is 0 Å². The van der Waals surface area contributed by atoms with Crippen molar-refractivity contribution in [3.05, 3.63) is 29.6 Å². The first-order chi connectivity index (χ1) is 4.34. The van der Waals surface area contributed by atoms with Crippen molar-refractivity contribution in [2.75, 3.05) is 0 Å². The zero-order valence-corrected chi connectivity index (χ0v) is 6.62. The molecule has 1 unspecified atom stereocenters. The van der Waals surface area contributed by atoms with Gasteiger partial charge in [-0.1, -0.05) is 0 Å². The largest absolute Gasteiger partial charge is 0.264 e. The Balaban J connectivity index is 3.01. The summed E-state index contributed by atoms with van der Waals surface area (Å²) in [5.74, 6) is 0. The lowest BCUT2D eigenvalue weighted by molar-refractivity contribution is 1.20. The molecule has 0 saturated heterocycles. The van der Waals surface area contributed by atoms with Crippen LogP contribution in [-0.2, 0) is 6.16 Å². The van der Waals surface area contributed by atoms with Crippen molar-refractivity contribution in [2.45, 2.75) is 13.1 Å². The van der Waals surface area contributed by atoms with Crippen LogP contribution in [0.5, 0.6) is 0 Å². The third-order valence-electron chi connectivity index (χ3n) is 1.36. The summed E-state index contributed by atoms with van der Waals surface area (Å²) in [6.45, 7) is 2.08. The van der Waals surface area contributed by atoms with Gasteiger partial charge in [0.25, 0.3) is 0 Å². The molecule has 2 heteroatoms. The van der Waals surface area contributed by atoms with E-state index < -0.39 is 0 Å². The summed E-state index contributed by atoms with van der Waals surface area (Å²) < 4.78 is 0. The van der Waals surface area contributed by atoms with E-state index in [1.165, 1.54) is 11.1 Å². The minimum atomic E-state index is 1.02. The Bertz CT molecular complexity index is 198. The topological polar surface area (TPSA) is 12.9 Å². The number of aryl methyl sites for hydroxylation is 1. The fourth-order valence-electron chi connectivity index (χ4n) is 0.731. The molecule has 0 radical (unpaired) electrons. The molecule has 0 amide bonds. The number of hydrogen-bond donors (Lipinski definition) is 0. The van der Waals surface area contributed by atoms with Crippen LogP contribution in [0, 0.1) is 6.92 Å². The van der Waals surface area contributed by atoms with Crippen LogP contribution in [-0.4, -0.2) is 4.98 Å². The zero-order valence-electron chi connectivity index (χ0n) is 5.46. The van der Waals surface area contributed by atoms with Gasteiger partial charge in [-0.25, -0.2) is 0 Å². The molecule has 0 aliphatic rings. The van der Waals surface area contributed by atoms with Crippen LogP contribution in [0.3, 0.4) is 0 Å². The Labute approximate surface area is 57.7 Å². The second-order valence-corrected chi connectivity index (χ2v) is 2.41. The van der Waals surface area contributed by atoms with Gasteiger partial charge in [0.1, 0.15) is 0 Å². The molecular formula is C7H10NP. The van der Waals surface area contributed by atoms with Gasteiger partial charge in [0, 0.05) is 12.4 Å². The third kappa shape index (κ3) is 1.49. The molecule has 9 heavy (non-hydrogen) atoms. The molecule has 1 aromatic rings. The summed E-state index contributed by atoms with van der Waals surface area (Å²) in [5.41, 5.74) is 2.63. The first-order valence-corrected chi connectivity index (χ1v) is 3.76. The Morgan fingerprint density at radius 1 is 1.67 bits per heavy atom. The molecule has 1 rings (SSSR count). The lowest BCUT2D eigenvalue weighted by atomic mass is 10.2. The standard InChI is InChI=1S/C7H10NP/c1-6-4-8-3-2-7(6)5-9/h2-4H,5,9H2,1H3. The summed E-state index contributed by atoms with van der Waals surface area (Å²) in [4.78, 5) is 3.98. The predicted octanol–water partition coefficient (Wildman–Crippen LogP) is 1.77. The van der Waals surface area contributed by atoms with Crippen LogP contribution in [0.15, 0.2) is 18.5 Å². The zero-order chi connectivity index (χ0) is 6.69. The van der Waals surface area contributed by atoms with Crippen molar-refractivity contribution in [3.63, 3.8) is 0 Å². The highest BCUT2D eigenvalue weighted by molar-refractivity contribution is 7.15. The van der Waals surface area contributed by atoms with Gasteiger partial charge in [0.05, 0.1) is 0 Å². The van der Waals surface area contributed by atoms with Gasteiger partial charge < -0.3 is 0 Å². The Kier molecular flexibility index (Phi) is 2.18. The predicted molar refractivity (Wildman–Crippen MR) is 42.4 cm³/mol. The number of hydrogen-bond acceptors (Lipinski definition) is 1. The van der Waals surface area contributed by atoms with Crippen LogP contribution < -0.4 is 0 Å².